The zero-order chi connectivity index (χ0) is 18.2. The monoisotopic (exact) mass is 380 g/mol. The lowest BCUT2D eigenvalue weighted by atomic mass is 9.61. The molecule has 2 atom stereocenters. The van der Waals surface area contributed by atoms with Crippen molar-refractivity contribution in [2.45, 2.75) is 88.8 Å². The van der Waals surface area contributed by atoms with Gasteiger partial charge < -0.3 is 15.0 Å². The van der Waals surface area contributed by atoms with E-state index in [1.54, 1.807) is 0 Å². The van der Waals surface area contributed by atoms with Crippen LogP contribution >= 0.6 is 0 Å². The van der Waals surface area contributed by atoms with Gasteiger partial charge in [0, 0.05) is 35.6 Å². The first-order valence-electron chi connectivity index (χ1n) is 10.7. The van der Waals surface area contributed by atoms with Crippen LogP contribution in [0.3, 0.4) is 0 Å². The zero-order valence-corrected chi connectivity index (χ0v) is 15.8. The summed E-state index contributed by atoms with van der Waals surface area (Å²) in [5, 5.41) is 12.1. The van der Waals surface area contributed by atoms with Crippen LogP contribution < -0.4 is 0 Å². The molecule has 2 N–H and O–H groups in total. The van der Waals surface area contributed by atoms with Gasteiger partial charge in [-0.05, 0) is 80.4 Å². The molecule has 2 aromatic rings. The Morgan fingerprint density at radius 1 is 1.18 bits per heavy atom. The lowest BCUT2D eigenvalue weighted by Crippen LogP contribution is -2.65. The van der Waals surface area contributed by atoms with Crippen molar-refractivity contribution in [1.29, 1.82) is 0 Å². The largest absolute Gasteiger partial charge is 0.390 e. The van der Waals surface area contributed by atoms with Crippen LogP contribution in [0.2, 0.25) is 0 Å². The number of nitrogens with one attached hydrogen (secondary N) is 1. The highest BCUT2D eigenvalue weighted by Gasteiger charge is 2.54. The third-order valence-electron chi connectivity index (χ3n) is 7.63. The van der Waals surface area contributed by atoms with Crippen molar-refractivity contribution < 1.29 is 9.90 Å². The summed E-state index contributed by atoms with van der Waals surface area (Å²) in [6.45, 7) is 0. The number of aromatic amines is 1. The number of amides is 1. The highest BCUT2D eigenvalue weighted by Crippen LogP contribution is 2.51. The van der Waals surface area contributed by atoms with E-state index in [-0.39, 0.29) is 19.5 Å². The number of carbonyl (C=O) groups is 1. The van der Waals surface area contributed by atoms with Gasteiger partial charge in [0.1, 0.15) is 0 Å². The van der Waals surface area contributed by atoms with Crippen molar-refractivity contribution in [3.05, 3.63) is 35.5 Å². The van der Waals surface area contributed by atoms with Crippen LogP contribution in [0.15, 0.2) is 24.4 Å². The molecule has 3 heterocycles. The van der Waals surface area contributed by atoms with Gasteiger partial charge in [0.25, 0.3) is 0 Å². The Bertz CT molecular complexity index is 896. The third kappa shape index (κ3) is 2.80. The molecule has 4 bridgehead atoms. The summed E-state index contributed by atoms with van der Waals surface area (Å²) < 4.78 is 0. The van der Waals surface area contributed by atoms with E-state index in [0.29, 0.717) is 24.2 Å². The number of benzene rings is 1. The molecule has 150 valence electrons. The minimum atomic E-state index is -0.483. The van der Waals surface area contributed by atoms with Crippen molar-refractivity contribution in [2.75, 3.05) is 0 Å². The van der Waals surface area contributed by atoms with E-state index in [2.05, 4.69) is 34.3 Å². The normalized spacial score (nSPS) is 33.3. The van der Waals surface area contributed by atoms with E-state index in [4.69, 9.17) is 0 Å². The summed E-state index contributed by atoms with van der Waals surface area (Å²) in [6.07, 6.45) is 10.9. The second-order valence-corrected chi connectivity index (χ2v) is 9.64. The fourth-order valence-corrected chi connectivity index (χ4v) is 6.58. The fraction of sp³-hybridized carbons (Fsp3) is 0.625. The number of carbonyl (C=O) groups excluding carboxylic acids is 1. The Morgan fingerprint density at radius 3 is 2.61 bits per heavy atom. The number of aliphatic hydroxyl groups is 1. The van der Waals surface area contributed by atoms with Gasteiger partial charge in [-0.2, -0.15) is 0 Å². The van der Waals surface area contributed by atoms with E-state index in [1.807, 2.05) is 0 Å². The van der Waals surface area contributed by atoms with Gasteiger partial charge in [-0.1, -0.05) is 19.6 Å². The maximum Gasteiger partial charge on any atom is 0.223 e. The topological polar surface area (TPSA) is 56.3 Å². The first-order valence-corrected chi connectivity index (χ1v) is 10.7. The molecule has 0 spiro atoms. The van der Waals surface area contributed by atoms with Gasteiger partial charge >= 0.3 is 0 Å². The molecule has 5 aliphatic rings. The van der Waals surface area contributed by atoms with Crippen LogP contribution in [0, 0.1) is 5.92 Å². The molecule has 1 aromatic heterocycles. The molecule has 5 fully saturated rings. The Balaban J connectivity index is 0.00000171. The number of hydrogen-bond acceptors (Lipinski definition) is 2. The second kappa shape index (κ2) is 6.35. The van der Waals surface area contributed by atoms with Gasteiger partial charge in [0.05, 0.1) is 5.60 Å². The van der Waals surface area contributed by atoms with Crippen LogP contribution in [-0.2, 0) is 11.2 Å². The molecule has 4 nitrogen and oxygen atoms in total. The van der Waals surface area contributed by atoms with Crippen LogP contribution in [0.1, 0.15) is 75.8 Å². The molecule has 3 aliphatic carbocycles. The molecular weight excluding hydrogens is 348 g/mol. The van der Waals surface area contributed by atoms with Gasteiger partial charge in [-0.25, -0.2) is 0 Å². The average molecular weight is 381 g/mol. The van der Waals surface area contributed by atoms with Gasteiger partial charge in [0.15, 0.2) is 0 Å². The Hall–Kier alpha value is -1.81. The van der Waals surface area contributed by atoms with Gasteiger partial charge in [-0.3, -0.25) is 4.79 Å². The Kier molecular flexibility index (Phi) is 4.13. The first-order chi connectivity index (χ1) is 13.1. The van der Waals surface area contributed by atoms with Crippen LogP contribution in [0.25, 0.3) is 10.9 Å². The maximum atomic E-state index is 13.1. The summed E-state index contributed by atoms with van der Waals surface area (Å²) in [7, 11) is 0. The predicted molar refractivity (Wildman–Crippen MR) is 111 cm³/mol. The van der Waals surface area contributed by atoms with Crippen molar-refractivity contribution >= 4 is 16.8 Å². The van der Waals surface area contributed by atoms with E-state index in [1.165, 1.54) is 34.9 Å². The van der Waals surface area contributed by atoms with Crippen LogP contribution in [-0.4, -0.2) is 38.6 Å². The number of aromatic nitrogens is 1. The van der Waals surface area contributed by atoms with Gasteiger partial charge in [0.2, 0.25) is 5.91 Å². The lowest BCUT2D eigenvalue weighted by Gasteiger charge is -2.59. The number of aryl methyl sites for hydroxylation is 1. The summed E-state index contributed by atoms with van der Waals surface area (Å²) >= 11 is 0. The SMILES string of the molecule is C.O=C(CCc1c[nH]c2cccc(C3CC3)c12)N1C2CC3CC1CC(O)(C3)C2. The minimum absolute atomic E-state index is 0. The third-order valence-corrected chi connectivity index (χ3v) is 7.63. The molecular formula is C24H32N2O2. The molecule has 0 radical (unpaired) electrons. The smallest absolute Gasteiger partial charge is 0.223 e. The van der Waals surface area contributed by atoms with Gasteiger partial charge in [-0.15, -0.1) is 0 Å². The predicted octanol–water partition coefficient (Wildman–Crippen LogP) is 4.52. The molecule has 3 saturated carbocycles. The summed E-state index contributed by atoms with van der Waals surface area (Å²) in [6, 6.07) is 7.11. The molecule has 2 unspecified atom stereocenters. The second-order valence-electron chi connectivity index (χ2n) is 9.64. The molecule has 1 amide bonds. The van der Waals surface area contributed by atoms with Crippen molar-refractivity contribution in [3.8, 4) is 0 Å². The van der Waals surface area contributed by atoms with Crippen molar-refractivity contribution in [2.24, 2.45) is 5.92 Å². The number of piperidine rings is 2. The average Bonchev–Trinajstić information content (AvgIpc) is 3.38. The summed E-state index contributed by atoms with van der Waals surface area (Å²) in [5.74, 6) is 1.64. The molecule has 1 aromatic carbocycles. The molecule has 28 heavy (non-hydrogen) atoms. The Morgan fingerprint density at radius 2 is 1.93 bits per heavy atom. The standard InChI is InChI=1S/C23H28N2O2.CH4/c26-21(25-17-8-14-9-18(25)12-23(27,10-14)11-17)7-6-16-13-24-20-3-1-2-19(22(16)20)15-4-5-15;/h1-3,13-15,17-18,24,27H,4-12H2;1H4. The molecule has 2 saturated heterocycles. The highest BCUT2D eigenvalue weighted by molar-refractivity contribution is 5.88. The van der Waals surface area contributed by atoms with Crippen molar-refractivity contribution in [1.82, 2.24) is 9.88 Å². The molecule has 7 rings (SSSR count). The van der Waals surface area contributed by atoms with Crippen LogP contribution in [0.4, 0.5) is 0 Å². The zero-order valence-electron chi connectivity index (χ0n) is 15.8. The van der Waals surface area contributed by atoms with E-state index >= 15 is 0 Å². The Labute approximate surface area is 167 Å². The number of H-pyrrole nitrogens is 1. The quantitative estimate of drug-likeness (QED) is 0.819. The number of nitrogens with zero attached hydrogens (tertiary/aromatic N) is 1. The fourth-order valence-electron chi connectivity index (χ4n) is 6.58. The van der Waals surface area contributed by atoms with Crippen LogP contribution in [0.5, 0.6) is 0 Å². The molecule has 2 aliphatic heterocycles. The number of fused-ring (bicyclic) bond motifs is 1. The first kappa shape index (κ1) is 18.2. The lowest BCUT2D eigenvalue weighted by molar-refractivity contribution is -0.174. The summed E-state index contributed by atoms with van der Waals surface area (Å²) in [5.41, 5.74) is 3.49. The molecule has 4 heteroatoms. The van der Waals surface area contributed by atoms with E-state index in [0.717, 1.165) is 38.5 Å². The number of hydrogen-bond donors (Lipinski definition) is 2. The summed E-state index contributed by atoms with van der Waals surface area (Å²) in [4.78, 5) is 18.7. The van der Waals surface area contributed by atoms with E-state index < -0.39 is 5.60 Å². The number of rotatable bonds is 4. The minimum Gasteiger partial charge on any atom is -0.390 e. The highest BCUT2D eigenvalue weighted by atomic mass is 16.3. The maximum absolute atomic E-state index is 13.1. The van der Waals surface area contributed by atoms with Crippen molar-refractivity contribution in [3.63, 3.8) is 0 Å². The van der Waals surface area contributed by atoms with E-state index in [9.17, 15) is 9.90 Å².